The van der Waals surface area contributed by atoms with Gasteiger partial charge in [0.15, 0.2) is 0 Å². The Labute approximate surface area is 137 Å². The molecule has 6 nitrogen and oxygen atoms in total. The van der Waals surface area contributed by atoms with Crippen LogP contribution in [0, 0.1) is 0 Å². The van der Waals surface area contributed by atoms with E-state index in [0.717, 1.165) is 30.3 Å². The summed E-state index contributed by atoms with van der Waals surface area (Å²) in [6.07, 6.45) is 2.57. The highest BCUT2D eigenvalue weighted by Gasteiger charge is 2.27. The number of H-pyrrole nitrogens is 1. The zero-order chi connectivity index (χ0) is 16.0. The smallest absolute Gasteiger partial charge is 0.275 e. The van der Waals surface area contributed by atoms with Gasteiger partial charge in [-0.05, 0) is 37.6 Å². The Morgan fingerprint density at radius 1 is 1.39 bits per heavy atom. The summed E-state index contributed by atoms with van der Waals surface area (Å²) in [5.41, 5.74) is 1.79. The summed E-state index contributed by atoms with van der Waals surface area (Å²) in [5, 5.41) is 15.2. The van der Waals surface area contributed by atoms with Crippen molar-refractivity contribution < 1.29 is 5.11 Å². The van der Waals surface area contributed by atoms with Gasteiger partial charge in [-0.15, -0.1) is 0 Å². The number of nitrogens with one attached hydrogen (secondary N) is 2. The molecule has 1 fully saturated rings. The fraction of sp³-hybridized carbons (Fsp3) is 0.375. The number of hydrogen-bond donors (Lipinski definition) is 3. The van der Waals surface area contributed by atoms with Gasteiger partial charge in [-0.25, -0.2) is 4.98 Å². The largest absolute Gasteiger partial charge is 0.390 e. The predicted molar refractivity (Wildman–Crippen MR) is 90.0 cm³/mol. The molecule has 0 aliphatic carbocycles. The molecule has 0 amide bonds. The third-order valence-electron chi connectivity index (χ3n) is 4.53. The summed E-state index contributed by atoms with van der Waals surface area (Å²) < 4.78 is 1.94. The summed E-state index contributed by atoms with van der Waals surface area (Å²) >= 11 is 6.13. The Morgan fingerprint density at radius 2 is 2.26 bits per heavy atom. The normalized spacial score (nSPS) is 22.5. The zero-order valence-corrected chi connectivity index (χ0v) is 13.2. The number of aromatic nitrogens is 3. The van der Waals surface area contributed by atoms with E-state index in [0.29, 0.717) is 22.6 Å². The molecule has 0 bridgehead atoms. The van der Waals surface area contributed by atoms with Gasteiger partial charge in [-0.1, -0.05) is 11.6 Å². The minimum Gasteiger partial charge on any atom is -0.390 e. The Morgan fingerprint density at radius 3 is 3.13 bits per heavy atom. The van der Waals surface area contributed by atoms with Crippen molar-refractivity contribution in [2.24, 2.45) is 0 Å². The molecule has 23 heavy (non-hydrogen) atoms. The Hall–Kier alpha value is -1.89. The number of benzene rings is 1. The maximum Gasteiger partial charge on any atom is 0.275 e. The molecular weight excluding hydrogens is 316 g/mol. The molecule has 0 radical (unpaired) electrons. The molecule has 1 saturated heterocycles. The van der Waals surface area contributed by atoms with Crippen LogP contribution in [0.2, 0.25) is 5.02 Å². The lowest BCUT2D eigenvalue weighted by Crippen LogP contribution is -2.32. The van der Waals surface area contributed by atoms with Crippen molar-refractivity contribution in [2.75, 3.05) is 13.1 Å². The molecule has 0 unspecified atom stereocenters. The van der Waals surface area contributed by atoms with Crippen LogP contribution >= 0.6 is 11.6 Å². The maximum absolute atomic E-state index is 12.4. The molecule has 1 aromatic carbocycles. The predicted octanol–water partition coefficient (Wildman–Crippen LogP) is 1.82. The summed E-state index contributed by atoms with van der Waals surface area (Å²) in [4.78, 5) is 19.4. The van der Waals surface area contributed by atoms with E-state index in [9.17, 15) is 9.90 Å². The van der Waals surface area contributed by atoms with E-state index in [-0.39, 0.29) is 11.6 Å². The van der Waals surface area contributed by atoms with Gasteiger partial charge in [-0.3, -0.25) is 4.79 Å². The lowest BCUT2D eigenvalue weighted by atomic mass is 10.1. The molecule has 0 spiro atoms. The molecule has 1 aliphatic heterocycles. The molecule has 2 atom stereocenters. The number of nitrogens with zero attached hydrogens (tertiary/aromatic N) is 2. The number of hydrogen-bond acceptors (Lipinski definition) is 4. The van der Waals surface area contributed by atoms with Crippen LogP contribution in [0.25, 0.3) is 21.9 Å². The van der Waals surface area contributed by atoms with Crippen molar-refractivity contribution in [1.82, 2.24) is 19.9 Å². The highest BCUT2D eigenvalue weighted by molar-refractivity contribution is 6.31. The van der Waals surface area contributed by atoms with E-state index in [4.69, 9.17) is 11.6 Å². The first-order valence-electron chi connectivity index (χ1n) is 7.72. The Balaban J connectivity index is 2.08. The molecule has 4 rings (SSSR count). The number of rotatable bonds is 1. The number of halogens is 1. The molecule has 3 heterocycles. The zero-order valence-electron chi connectivity index (χ0n) is 12.4. The fourth-order valence-corrected chi connectivity index (χ4v) is 3.67. The number of fused-ring (bicyclic) bond motifs is 3. The SMILES string of the molecule is O=c1[nH]cnc2c3cc(Cl)ccc3n([C@@H]3CCCNC[C@@H]3O)c12. The summed E-state index contributed by atoms with van der Waals surface area (Å²) in [5.74, 6) is 0. The van der Waals surface area contributed by atoms with Crippen LogP contribution < -0.4 is 10.9 Å². The van der Waals surface area contributed by atoms with Crippen LogP contribution in [0.15, 0.2) is 29.3 Å². The molecule has 120 valence electrons. The third-order valence-corrected chi connectivity index (χ3v) is 4.76. The second kappa shape index (κ2) is 5.63. The van der Waals surface area contributed by atoms with Crippen molar-refractivity contribution in [3.63, 3.8) is 0 Å². The standard InChI is InChI=1S/C16H17ClN4O2/c17-9-3-4-11-10(6-9)14-15(16(23)20-8-19-14)21(11)12-2-1-5-18-7-13(12)22/h3-4,6,8,12-13,18,22H,1-2,5,7H2,(H,19,20,23)/t12-,13+/m1/s1. The van der Waals surface area contributed by atoms with Crippen molar-refractivity contribution >= 4 is 33.5 Å². The number of aliphatic hydroxyl groups excluding tert-OH is 1. The van der Waals surface area contributed by atoms with Crippen molar-refractivity contribution in [2.45, 2.75) is 25.0 Å². The van der Waals surface area contributed by atoms with E-state index < -0.39 is 6.10 Å². The van der Waals surface area contributed by atoms with Crippen LogP contribution in [0.1, 0.15) is 18.9 Å². The molecule has 2 aromatic heterocycles. The van der Waals surface area contributed by atoms with Crippen LogP contribution in [0.3, 0.4) is 0 Å². The maximum atomic E-state index is 12.4. The van der Waals surface area contributed by atoms with Crippen molar-refractivity contribution in [3.05, 3.63) is 39.9 Å². The van der Waals surface area contributed by atoms with Gasteiger partial charge in [0, 0.05) is 17.0 Å². The van der Waals surface area contributed by atoms with E-state index in [1.54, 1.807) is 6.07 Å². The topological polar surface area (TPSA) is 82.9 Å². The van der Waals surface area contributed by atoms with Crippen LogP contribution in [0.5, 0.6) is 0 Å². The first-order chi connectivity index (χ1) is 11.2. The summed E-state index contributed by atoms with van der Waals surface area (Å²) in [6, 6.07) is 5.35. The van der Waals surface area contributed by atoms with Crippen LogP contribution in [-0.2, 0) is 0 Å². The van der Waals surface area contributed by atoms with Gasteiger partial charge in [0.05, 0.1) is 24.0 Å². The average Bonchev–Trinajstić information content (AvgIpc) is 2.70. The number of aromatic amines is 1. The van der Waals surface area contributed by atoms with E-state index >= 15 is 0 Å². The average molecular weight is 333 g/mol. The highest BCUT2D eigenvalue weighted by Crippen LogP contribution is 2.33. The van der Waals surface area contributed by atoms with Gasteiger partial charge in [0.2, 0.25) is 0 Å². The fourth-order valence-electron chi connectivity index (χ4n) is 3.50. The second-order valence-electron chi connectivity index (χ2n) is 5.94. The Bertz CT molecular complexity index is 933. The third kappa shape index (κ3) is 2.34. The number of β-amino-alcohol motifs (C(OH)–C–C–N with tert-alkyl or cyclic N) is 1. The van der Waals surface area contributed by atoms with E-state index in [1.807, 2.05) is 16.7 Å². The van der Waals surface area contributed by atoms with Gasteiger partial charge in [0.25, 0.3) is 5.56 Å². The van der Waals surface area contributed by atoms with Gasteiger partial charge < -0.3 is 20.0 Å². The van der Waals surface area contributed by atoms with Crippen LogP contribution in [-0.4, -0.2) is 38.8 Å². The molecule has 0 saturated carbocycles. The minimum absolute atomic E-state index is 0.170. The molecule has 1 aliphatic rings. The van der Waals surface area contributed by atoms with E-state index in [2.05, 4.69) is 15.3 Å². The summed E-state index contributed by atoms with van der Waals surface area (Å²) in [7, 11) is 0. The van der Waals surface area contributed by atoms with Crippen molar-refractivity contribution in [3.8, 4) is 0 Å². The lowest BCUT2D eigenvalue weighted by Gasteiger charge is -2.23. The minimum atomic E-state index is -0.563. The van der Waals surface area contributed by atoms with Gasteiger partial charge in [-0.2, -0.15) is 0 Å². The molecule has 7 heteroatoms. The molecule has 3 aromatic rings. The van der Waals surface area contributed by atoms with Gasteiger partial charge >= 0.3 is 0 Å². The first kappa shape index (κ1) is 14.7. The molecule has 3 N–H and O–H groups in total. The first-order valence-corrected chi connectivity index (χ1v) is 8.10. The van der Waals surface area contributed by atoms with E-state index in [1.165, 1.54) is 6.33 Å². The van der Waals surface area contributed by atoms with Crippen molar-refractivity contribution in [1.29, 1.82) is 0 Å². The molecular formula is C16H17ClN4O2. The quantitative estimate of drug-likeness (QED) is 0.634. The van der Waals surface area contributed by atoms with Gasteiger partial charge in [0.1, 0.15) is 11.0 Å². The summed E-state index contributed by atoms with van der Waals surface area (Å²) in [6.45, 7) is 1.38. The Kier molecular flexibility index (Phi) is 3.60. The monoisotopic (exact) mass is 332 g/mol. The second-order valence-corrected chi connectivity index (χ2v) is 6.38. The lowest BCUT2D eigenvalue weighted by molar-refractivity contribution is 0.119. The number of aliphatic hydroxyl groups is 1. The highest BCUT2D eigenvalue weighted by atomic mass is 35.5. The van der Waals surface area contributed by atoms with Crippen LogP contribution in [0.4, 0.5) is 0 Å².